The smallest absolute Gasteiger partial charge is 0.397 e. The van der Waals surface area contributed by atoms with Crippen LogP contribution in [0.25, 0.3) is 0 Å². The molecule has 0 aromatic rings. The van der Waals surface area contributed by atoms with E-state index < -0.39 is 10.4 Å². The molecule has 0 radical (unpaired) electrons. The maximum atomic E-state index is 11.7. The highest BCUT2D eigenvalue weighted by atomic mass is 32.3. The van der Waals surface area contributed by atoms with Gasteiger partial charge < -0.3 is 9.22 Å². The number of esters is 1. The Labute approximate surface area is 139 Å². The van der Waals surface area contributed by atoms with E-state index in [0.717, 1.165) is 49.9 Å². The lowest BCUT2D eigenvalue weighted by Crippen LogP contribution is -2.54. The lowest BCUT2D eigenvalue weighted by molar-refractivity contribution is -0.932. The van der Waals surface area contributed by atoms with Crippen LogP contribution in [0.5, 0.6) is 0 Å². The number of carbonyl (C=O) groups excluding carboxylic acids is 1. The maximum absolute atomic E-state index is 11.7. The standard InChI is InChI=1S/C15H29NO6S/c1-3-14(2)15(17)21-13-11-16(8-5-4-6-9-16)10-7-12-22-23(18,19)20/h14H,3-13H2,1-2H3/p+1. The van der Waals surface area contributed by atoms with E-state index in [9.17, 15) is 13.2 Å². The summed E-state index contributed by atoms with van der Waals surface area (Å²) in [7, 11) is -4.36. The Morgan fingerprint density at radius 2 is 1.83 bits per heavy atom. The second kappa shape index (κ2) is 9.56. The Kier molecular flexibility index (Phi) is 8.46. The first-order valence-electron chi connectivity index (χ1n) is 8.41. The molecule has 1 aliphatic heterocycles. The number of ether oxygens (including phenoxy) is 1. The van der Waals surface area contributed by atoms with E-state index in [4.69, 9.17) is 9.29 Å². The van der Waals surface area contributed by atoms with Crippen LogP contribution >= 0.6 is 0 Å². The fourth-order valence-corrected chi connectivity index (χ4v) is 3.28. The SMILES string of the molecule is CCC(C)C(=O)OCC[N+]1(CCCOS(=O)(=O)O)CCCCC1. The molecule has 1 saturated heterocycles. The van der Waals surface area contributed by atoms with Crippen molar-refractivity contribution in [2.45, 2.75) is 46.0 Å². The largest absolute Gasteiger partial charge is 0.459 e. The third kappa shape index (κ3) is 8.10. The molecule has 0 spiro atoms. The minimum absolute atomic E-state index is 0.0223. The van der Waals surface area contributed by atoms with Crippen LogP contribution in [0.15, 0.2) is 0 Å². The van der Waals surface area contributed by atoms with Gasteiger partial charge in [0.05, 0.1) is 32.2 Å². The highest BCUT2D eigenvalue weighted by Crippen LogP contribution is 2.20. The lowest BCUT2D eigenvalue weighted by Gasteiger charge is -2.41. The summed E-state index contributed by atoms with van der Waals surface area (Å²) in [5.41, 5.74) is 0. The van der Waals surface area contributed by atoms with Crippen LogP contribution in [-0.4, -0.2) is 62.8 Å². The predicted octanol–water partition coefficient (Wildman–Crippen LogP) is 1.79. The van der Waals surface area contributed by atoms with Gasteiger partial charge in [-0.15, -0.1) is 0 Å². The van der Waals surface area contributed by atoms with Crippen molar-refractivity contribution in [1.82, 2.24) is 0 Å². The molecule has 1 rings (SSSR count). The van der Waals surface area contributed by atoms with E-state index in [1.807, 2.05) is 13.8 Å². The highest BCUT2D eigenvalue weighted by Gasteiger charge is 2.30. The van der Waals surface area contributed by atoms with E-state index in [2.05, 4.69) is 4.18 Å². The second-order valence-corrected chi connectivity index (χ2v) is 7.47. The average molecular weight is 352 g/mol. The number of piperidine rings is 1. The van der Waals surface area contributed by atoms with Crippen molar-refractivity contribution >= 4 is 16.4 Å². The average Bonchev–Trinajstić information content (AvgIpc) is 2.51. The molecule has 0 aliphatic carbocycles. The normalized spacial score (nSPS) is 19.3. The topological polar surface area (TPSA) is 89.9 Å². The Balaban J connectivity index is 2.43. The molecule has 0 saturated carbocycles. The summed E-state index contributed by atoms with van der Waals surface area (Å²) in [6.45, 7) is 7.71. The van der Waals surface area contributed by atoms with Gasteiger partial charge in [-0.1, -0.05) is 13.8 Å². The molecule has 1 fully saturated rings. The molecule has 1 aliphatic rings. The zero-order valence-corrected chi connectivity index (χ0v) is 15.0. The number of hydrogen-bond acceptors (Lipinski definition) is 5. The number of carbonyl (C=O) groups is 1. The Bertz CT molecular complexity index is 459. The van der Waals surface area contributed by atoms with Crippen LogP contribution < -0.4 is 0 Å². The van der Waals surface area contributed by atoms with Gasteiger partial charge in [0.1, 0.15) is 13.2 Å². The van der Waals surface area contributed by atoms with Crippen molar-refractivity contribution in [3.8, 4) is 0 Å². The van der Waals surface area contributed by atoms with Crippen LogP contribution in [0.4, 0.5) is 0 Å². The molecule has 1 atom stereocenters. The van der Waals surface area contributed by atoms with Crippen LogP contribution in [0.2, 0.25) is 0 Å². The molecule has 0 bridgehead atoms. The maximum Gasteiger partial charge on any atom is 0.397 e. The van der Waals surface area contributed by atoms with Gasteiger partial charge in [-0.25, -0.2) is 4.18 Å². The van der Waals surface area contributed by atoms with E-state index in [1.54, 1.807) is 0 Å². The van der Waals surface area contributed by atoms with Gasteiger partial charge >= 0.3 is 16.4 Å². The third-order valence-corrected chi connectivity index (χ3v) is 5.06. The molecule has 0 aromatic heterocycles. The summed E-state index contributed by atoms with van der Waals surface area (Å²) in [5, 5.41) is 0. The van der Waals surface area contributed by atoms with Crippen molar-refractivity contribution in [2.75, 3.05) is 39.4 Å². The molecule has 8 heteroatoms. The number of likely N-dealkylation sites (tertiary alicyclic amines) is 1. The summed E-state index contributed by atoms with van der Waals surface area (Å²) in [6.07, 6.45) is 4.76. The molecule has 0 aromatic carbocycles. The Morgan fingerprint density at radius 3 is 2.39 bits per heavy atom. The predicted molar refractivity (Wildman–Crippen MR) is 86.1 cm³/mol. The monoisotopic (exact) mass is 352 g/mol. The Morgan fingerprint density at radius 1 is 1.17 bits per heavy atom. The first-order chi connectivity index (χ1) is 10.8. The van der Waals surface area contributed by atoms with Gasteiger partial charge in [-0.3, -0.25) is 9.35 Å². The first kappa shape index (κ1) is 20.3. The van der Waals surface area contributed by atoms with Gasteiger partial charge in [0, 0.05) is 6.42 Å². The van der Waals surface area contributed by atoms with Crippen molar-refractivity contribution < 1.29 is 31.2 Å². The Hall–Kier alpha value is -0.700. The van der Waals surface area contributed by atoms with E-state index in [1.165, 1.54) is 6.42 Å². The summed E-state index contributed by atoms with van der Waals surface area (Å²) in [4.78, 5) is 11.7. The highest BCUT2D eigenvalue weighted by molar-refractivity contribution is 7.80. The molecular weight excluding hydrogens is 322 g/mol. The van der Waals surface area contributed by atoms with Crippen LogP contribution in [0.3, 0.4) is 0 Å². The number of quaternary nitrogens is 1. The van der Waals surface area contributed by atoms with Crippen molar-refractivity contribution in [3.05, 3.63) is 0 Å². The molecule has 1 heterocycles. The molecular formula is C15H30NO6S+. The van der Waals surface area contributed by atoms with Crippen LogP contribution in [-0.2, 0) is 24.1 Å². The first-order valence-corrected chi connectivity index (χ1v) is 9.78. The van der Waals surface area contributed by atoms with Crippen molar-refractivity contribution in [2.24, 2.45) is 5.92 Å². The summed E-state index contributed by atoms with van der Waals surface area (Å²) in [5.74, 6) is -0.231. The summed E-state index contributed by atoms with van der Waals surface area (Å²) < 4.78 is 40.3. The van der Waals surface area contributed by atoms with Crippen LogP contribution in [0, 0.1) is 5.92 Å². The summed E-state index contributed by atoms with van der Waals surface area (Å²) >= 11 is 0. The second-order valence-electron chi connectivity index (χ2n) is 6.38. The fourth-order valence-electron chi connectivity index (χ4n) is 2.96. The molecule has 136 valence electrons. The van der Waals surface area contributed by atoms with Gasteiger partial charge in [0.25, 0.3) is 0 Å². The minimum Gasteiger partial charge on any atom is -0.459 e. The number of rotatable bonds is 10. The van der Waals surface area contributed by atoms with Crippen LogP contribution in [0.1, 0.15) is 46.0 Å². The van der Waals surface area contributed by atoms with E-state index in [-0.39, 0.29) is 18.5 Å². The number of nitrogens with zero attached hydrogens (tertiary/aromatic N) is 1. The molecule has 23 heavy (non-hydrogen) atoms. The minimum atomic E-state index is -4.36. The molecule has 1 unspecified atom stereocenters. The third-order valence-electron chi connectivity index (χ3n) is 4.60. The van der Waals surface area contributed by atoms with Crippen molar-refractivity contribution in [1.29, 1.82) is 0 Å². The molecule has 1 N–H and O–H groups in total. The zero-order chi connectivity index (χ0) is 17.3. The van der Waals surface area contributed by atoms with Gasteiger partial charge in [0.2, 0.25) is 0 Å². The lowest BCUT2D eigenvalue weighted by atomic mass is 10.1. The van der Waals surface area contributed by atoms with Gasteiger partial charge in [0.15, 0.2) is 0 Å². The van der Waals surface area contributed by atoms with E-state index in [0.29, 0.717) is 13.0 Å². The molecule has 7 nitrogen and oxygen atoms in total. The quantitative estimate of drug-likeness (QED) is 0.279. The van der Waals surface area contributed by atoms with Gasteiger partial charge in [-0.05, 0) is 25.7 Å². The van der Waals surface area contributed by atoms with Gasteiger partial charge in [-0.2, -0.15) is 8.42 Å². The summed E-state index contributed by atoms with van der Waals surface area (Å²) in [6, 6.07) is 0. The van der Waals surface area contributed by atoms with E-state index >= 15 is 0 Å². The van der Waals surface area contributed by atoms with Crippen molar-refractivity contribution in [3.63, 3.8) is 0 Å². The zero-order valence-electron chi connectivity index (χ0n) is 14.2. The number of hydrogen-bond donors (Lipinski definition) is 1. The fraction of sp³-hybridized carbons (Fsp3) is 0.933. The molecule has 0 amide bonds.